The van der Waals surface area contributed by atoms with Gasteiger partial charge in [-0.05, 0) is 25.9 Å². The minimum atomic E-state index is -3.31. The molecule has 1 aliphatic heterocycles. The van der Waals surface area contributed by atoms with Gasteiger partial charge >= 0.3 is 5.97 Å². The van der Waals surface area contributed by atoms with Crippen LogP contribution < -0.4 is 5.32 Å². The number of nitrogens with one attached hydrogen (secondary N) is 1. The third kappa shape index (κ3) is 2.95. The van der Waals surface area contributed by atoms with Gasteiger partial charge < -0.3 is 10.1 Å². The van der Waals surface area contributed by atoms with E-state index < -0.39 is 21.6 Å². The molecule has 0 unspecified atom stereocenters. The van der Waals surface area contributed by atoms with Gasteiger partial charge in [0.15, 0.2) is 9.84 Å². The quantitative estimate of drug-likeness (QED) is 0.640. The SMILES string of the molecule is COC(=O)CS(=O)(=O)C1CCNCC1. The fourth-order valence-electron chi connectivity index (χ4n) is 1.50. The summed E-state index contributed by atoms with van der Waals surface area (Å²) in [6.07, 6.45) is 1.17. The number of methoxy groups -OCH3 is 1. The second-order valence-corrected chi connectivity index (χ2v) is 5.61. The molecule has 0 saturated carbocycles. The van der Waals surface area contributed by atoms with Crippen molar-refractivity contribution in [3.63, 3.8) is 0 Å². The van der Waals surface area contributed by atoms with Crippen LogP contribution in [0.3, 0.4) is 0 Å². The number of piperidine rings is 1. The van der Waals surface area contributed by atoms with Crippen molar-refractivity contribution in [2.45, 2.75) is 18.1 Å². The van der Waals surface area contributed by atoms with E-state index in [1.165, 1.54) is 7.11 Å². The van der Waals surface area contributed by atoms with Gasteiger partial charge in [-0.1, -0.05) is 0 Å². The molecule has 1 heterocycles. The van der Waals surface area contributed by atoms with Gasteiger partial charge in [-0.2, -0.15) is 0 Å². The van der Waals surface area contributed by atoms with Crippen molar-refractivity contribution in [1.29, 1.82) is 0 Å². The second-order valence-electron chi connectivity index (χ2n) is 3.33. The van der Waals surface area contributed by atoms with Gasteiger partial charge in [0.05, 0.1) is 12.4 Å². The zero-order chi connectivity index (χ0) is 10.6. The predicted octanol–water partition coefficient (Wildman–Crippen LogP) is -0.674. The number of hydrogen-bond acceptors (Lipinski definition) is 5. The maximum Gasteiger partial charge on any atom is 0.320 e. The van der Waals surface area contributed by atoms with E-state index in [1.54, 1.807) is 0 Å². The Labute approximate surface area is 83.7 Å². The van der Waals surface area contributed by atoms with Crippen LogP contribution in [0, 0.1) is 0 Å². The first-order valence-electron chi connectivity index (χ1n) is 4.55. The largest absolute Gasteiger partial charge is 0.468 e. The van der Waals surface area contributed by atoms with Crippen LogP contribution in [-0.4, -0.2) is 45.6 Å². The van der Waals surface area contributed by atoms with Gasteiger partial charge in [0, 0.05) is 0 Å². The van der Waals surface area contributed by atoms with Gasteiger partial charge in [-0.3, -0.25) is 4.79 Å². The summed E-state index contributed by atoms with van der Waals surface area (Å²) in [4.78, 5) is 10.9. The second kappa shape index (κ2) is 4.75. The van der Waals surface area contributed by atoms with Crippen LogP contribution in [0.4, 0.5) is 0 Å². The molecular formula is C8H15NO4S. The minimum absolute atomic E-state index is 0.386. The molecule has 82 valence electrons. The van der Waals surface area contributed by atoms with Gasteiger partial charge in [0.1, 0.15) is 5.75 Å². The highest BCUT2D eigenvalue weighted by molar-refractivity contribution is 7.92. The fraction of sp³-hybridized carbons (Fsp3) is 0.875. The first-order valence-corrected chi connectivity index (χ1v) is 6.27. The molecular weight excluding hydrogens is 206 g/mol. The molecule has 0 radical (unpaired) electrons. The number of rotatable bonds is 3. The summed E-state index contributed by atoms with van der Waals surface area (Å²) in [5, 5.41) is 2.69. The van der Waals surface area contributed by atoms with Gasteiger partial charge in [-0.15, -0.1) is 0 Å². The zero-order valence-corrected chi connectivity index (χ0v) is 8.97. The van der Waals surface area contributed by atoms with Crippen molar-refractivity contribution in [3.05, 3.63) is 0 Å². The number of carbonyl (C=O) groups is 1. The summed E-state index contributed by atoms with van der Waals surface area (Å²) in [7, 11) is -2.11. The lowest BCUT2D eigenvalue weighted by molar-refractivity contribution is -0.137. The highest BCUT2D eigenvalue weighted by Gasteiger charge is 2.29. The third-order valence-electron chi connectivity index (χ3n) is 2.34. The molecule has 0 bridgehead atoms. The molecule has 0 atom stereocenters. The van der Waals surface area contributed by atoms with Gasteiger partial charge in [0.25, 0.3) is 0 Å². The summed E-state index contributed by atoms with van der Waals surface area (Å²) in [5.74, 6) is -1.17. The molecule has 0 aliphatic carbocycles. The first kappa shape index (κ1) is 11.5. The van der Waals surface area contributed by atoms with Gasteiger partial charge in [-0.25, -0.2) is 8.42 Å². The number of carbonyl (C=O) groups excluding carboxylic acids is 1. The van der Waals surface area contributed by atoms with Crippen molar-refractivity contribution in [2.24, 2.45) is 0 Å². The van der Waals surface area contributed by atoms with Crippen LogP contribution in [0.1, 0.15) is 12.8 Å². The highest BCUT2D eigenvalue weighted by Crippen LogP contribution is 2.14. The van der Waals surface area contributed by atoms with E-state index in [0.717, 1.165) is 0 Å². The standard InChI is InChI=1S/C8H15NO4S/c1-13-8(10)6-14(11,12)7-2-4-9-5-3-7/h7,9H,2-6H2,1H3. The Morgan fingerprint density at radius 3 is 2.50 bits per heavy atom. The maximum absolute atomic E-state index is 11.6. The van der Waals surface area contributed by atoms with E-state index in [1.807, 2.05) is 0 Å². The first-order chi connectivity index (χ1) is 6.56. The molecule has 5 nitrogen and oxygen atoms in total. The monoisotopic (exact) mass is 221 g/mol. The number of esters is 1. The maximum atomic E-state index is 11.6. The molecule has 1 aliphatic rings. The van der Waals surface area contributed by atoms with Crippen molar-refractivity contribution >= 4 is 15.8 Å². The smallest absolute Gasteiger partial charge is 0.320 e. The molecule has 14 heavy (non-hydrogen) atoms. The van der Waals surface area contributed by atoms with Crippen LogP contribution in [0.15, 0.2) is 0 Å². The van der Waals surface area contributed by atoms with Crippen LogP contribution in [0.5, 0.6) is 0 Å². The molecule has 0 aromatic rings. The predicted molar refractivity (Wildman–Crippen MR) is 51.7 cm³/mol. The average molecular weight is 221 g/mol. The Balaban J connectivity index is 2.59. The van der Waals surface area contributed by atoms with Crippen molar-refractivity contribution in [1.82, 2.24) is 5.32 Å². The zero-order valence-electron chi connectivity index (χ0n) is 8.15. The molecule has 0 spiro atoms. The molecule has 0 amide bonds. The normalized spacial score (nSPS) is 19.2. The summed E-state index contributed by atoms with van der Waals surface area (Å²) in [6.45, 7) is 1.40. The van der Waals surface area contributed by atoms with Crippen molar-refractivity contribution < 1.29 is 17.9 Å². The molecule has 6 heteroatoms. The van der Waals surface area contributed by atoms with Crippen molar-refractivity contribution in [3.8, 4) is 0 Å². The molecule has 0 aromatic carbocycles. The lowest BCUT2D eigenvalue weighted by atomic mass is 10.2. The molecule has 1 N–H and O–H groups in total. The fourth-order valence-corrected chi connectivity index (χ4v) is 3.13. The third-order valence-corrected chi connectivity index (χ3v) is 4.47. The Morgan fingerprint density at radius 1 is 1.43 bits per heavy atom. The van der Waals surface area contributed by atoms with E-state index in [4.69, 9.17) is 0 Å². The molecule has 1 rings (SSSR count). The summed E-state index contributed by atoms with van der Waals surface area (Å²) < 4.78 is 27.6. The van der Waals surface area contributed by atoms with E-state index in [9.17, 15) is 13.2 Å². The average Bonchev–Trinajstić information content (AvgIpc) is 2.18. The Kier molecular flexibility index (Phi) is 3.88. The Morgan fingerprint density at radius 2 is 2.00 bits per heavy atom. The van der Waals surface area contributed by atoms with Crippen molar-refractivity contribution in [2.75, 3.05) is 26.0 Å². The highest BCUT2D eigenvalue weighted by atomic mass is 32.2. The van der Waals surface area contributed by atoms with Crippen LogP contribution in [-0.2, 0) is 19.4 Å². The molecule has 1 saturated heterocycles. The number of ether oxygens (including phenoxy) is 1. The van der Waals surface area contributed by atoms with E-state index >= 15 is 0 Å². The van der Waals surface area contributed by atoms with E-state index in [2.05, 4.69) is 10.1 Å². The molecule has 0 aromatic heterocycles. The number of hydrogen-bond donors (Lipinski definition) is 1. The summed E-state index contributed by atoms with van der Waals surface area (Å²) in [6, 6.07) is 0. The lowest BCUT2D eigenvalue weighted by Crippen LogP contribution is -2.38. The Bertz CT molecular complexity index is 292. The van der Waals surface area contributed by atoms with E-state index in [-0.39, 0.29) is 5.25 Å². The van der Waals surface area contributed by atoms with Crippen LogP contribution in [0.2, 0.25) is 0 Å². The summed E-state index contributed by atoms with van der Waals surface area (Å²) in [5.41, 5.74) is 0. The minimum Gasteiger partial charge on any atom is -0.468 e. The van der Waals surface area contributed by atoms with E-state index in [0.29, 0.717) is 25.9 Å². The van der Waals surface area contributed by atoms with Crippen LogP contribution >= 0.6 is 0 Å². The Hall–Kier alpha value is -0.620. The topological polar surface area (TPSA) is 72.5 Å². The summed E-state index contributed by atoms with van der Waals surface area (Å²) >= 11 is 0. The molecule has 1 fully saturated rings. The lowest BCUT2D eigenvalue weighted by Gasteiger charge is -2.21. The van der Waals surface area contributed by atoms with Gasteiger partial charge in [0.2, 0.25) is 0 Å². The van der Waals surface area contributed by atoms with Crippen LogP contribution in [0.25, 0.3) is 0 Å². The number of sulfone groups is 1.